The molecule has 0 atom stereocenters. The van der Waals surface area contributed by atoms with Gasteiger partial charge in [-0.15, -0.1) is 0 Å². The first kappa shape index (κ1) is 11.3. The molecule has 0 aliphatic carbocycles. The molecule has 0 saturated carbocycles. The molecule has 18 heavy (non-hydrogen) atoms. The maximum absolute atomic E-state index is 12.9. The standard InChI is InChI=1S/C12H8BrFN4/c1-7-11(10-3-2-9(14)5-15-10)17-12-16-4-8(13)6-18(7)12/h2-6H,1H3. The Kier molecular flexibility index (Phi) is 2.59. The van der Waals surface area contributed by atoms with Crippen LogP contribution in [0.4, 0.5) is 4.39 Å². The van der Waals surface area contributed by atoms with Crippen LogP contribution in [0.15, 0.2) is 35.2 Å². The highest BCUT2D eigenvalue weighted by atomic mass is 79.9. The number of nitrogens with zero attached hydrogens (tertiary/aromatic N) is 4. The third-order valence-electron chi connectivity index (χ3n) is 2.66. The van der Waals surface area contributed by atoms with Crippen LogP contribution in [0, 0.1) is 12.7 Å². The molecule has 0 saturated heterocycles. The van der Waals surface area contributed by atoms with Crippen molar-refractivity contribution < 1.29 is 4.39 Å². The minimum atomic E-state index is -0.360. The summed E-state index contributed by atoms with van der Waals surface area (Å²) in [4.78, 5) is 12.6. The van der Waals surface area contributed by atoms with E-state index in [2.05, 4.69) is 30.9 Å². The zero-order chi connectivity index (χ0) is 12.7. The van der Waals surface area contributed by atoms with Crippen molar-refractivity contribution in [2.24, 2.45) is 0 Å². The number of hydrogen-bond acceptors (Lipinski definition) is 3. The van der Waals surface area contributed by atoms with E-state index in [4.69, 9.17) is 0 Å². The summed E-state index contributed by atoms with van der Waals surface area (Å²) in [7, 11) is 0. The van der Waals surface area contributed by atoms with Crippen LogP contribution < -0.4 is 0 Å². The molecule has 3 rings (SSSR count). The Morgan fingerprint density at radius 1 is 1.22 bits per heavy atom. The van der Waals surface area contributed by atoms with E-state index in [1.165, 1.54) is 12.3 Å². The molecule has 3 aromatic rings. The van der Waals surface area contributed by atoms with Crippen molar-refractivity contribution in [2.75, 3.05) is 0 Å². The van der Waals surface area contributed by atoms with Crippen LogP contribution in [0.1, 0.15) is 5.69 Å². The van der Waals surface area contributed by atoms with E-state index in [0.29, 0.717) is 17.2 Å². The zero-order valence-electron chi connectivity index (χ0n) is 9.43. The molecule has 6 heteroatoms. The molecule has 0 aliphatic rings. The second-order valence-electron chi connectivity index (χ2n) is 3.85. The predicted octanol–water partition coefficient (Wildman–Crippen LogP) is 3.00. The second-order valence-corrected chi connectivity index (χ2v) is 4.77. The lowest BCUT2D eigenvalue weighted by Crippen LogP contribution is -1.90. The molecule has 0 spiro atoms. The van der Waals surface area contributed by atoms with Gasteiger partial charge in [-0.25, -0.2) is 14.4 Å². The topological polar surface area (TPSA) is 43.1 Å². The van der Waals surface area contributed by atoms with Gasteiger partial charge in [0.25, 0.3) is 0 Å². The third kappa shape index (κ3) is 1.78. The number of pyridine rings is 1. The van der Waals surface area contributed by atoms with Crippen molar-refractivity contribution >= 4 is 21.7 Å². The van der Waals surface area contributed by atoms with Gasteiger partial charge in [-0.2, -0.15) is 0 Å². The normalized spacial score (nSPS) is 11.1. The van der Waals surface area contributed by atoms with Crippen molar-refractivity contribution in [3.05, 3.63) is 46.7 Å². The summed E-state index contributed by atoms with van der Waals surface area (Å²) in [6, 6.07) is 2.98. The highest BCUT2D eigenvalue weighted by Crippen LogP contribution is 2.22. The van der Waals surface area contributed by atoms with Crippen LogP contribution >= 0.6 is 15.9 Å². The number of fused-ring (bicyclic) bond motifs is 1. The molecule has 0 aliphatic heterocycles. The van der Waals surface area contributed by atoms with E-state index in [1.54, 1.807) is 12.3 Å². The first-order valence-corrected chi connectivity index (χ1v) is 6.06. The van der Waals surface area contributed by atoms with Gasteiger partial charge in [-0.05, 0) is 35.0 Å². The fraction of sp³-hybridized carbons (Fsp3) is 0.0833. The SMILES string of the molecule is Cc1c(-c2ccc(F)cn2)nc2ncc(Br)cn12. The summed E-state index contributed by atoms with van der Waals surface area (Å²) in [6.45, 7) is 1.93. The van der Waals surface area contributed by atoms with Gasteiger partial charge in [0.1, 0.15) is 11.5 Å². The van der Waals surface area contributed by atoms with E-state index < -0.39 is 0 Å². The lowest BCUT2D eigenvalue weighted by Gasteiger charge is -1.98. The molecule has 0 aromatic carbocycles. The minimum Gasteiger partial charge on any atom is -0.287 e. The van der Waals surface area contributed by atoms with Crippen LogP contribution in [0.2, 0.25) is 0 Å². The first-order valence-electron chi connectivity index (χ1n) is 5.27. The summed E-state index contributed by atoms with van der Waals surface area (Å²) in [5.74, 6) is 0.234. The van der Waals surface area contributed by atoms with Gasteiger partial charge in [0, 0.05) is 12.4 Å². The van der Waals surface area contributed by atoms with E-state index in [1.807, 2.05) is 17.5 Å². The quantitative estimate of drug-likeness (QED) is 0.694. The van der Waals surface area contributed by atoms with Crippen molar-refractivity contribution in [1.82, 2.24) is 19.4 Å². The monoisotopic (exact) mass is 306 g/mol. The maximum Gasteiger partial charge on any atom is 0.234 e. The van der Waals surface area contributed by atoms with Crippen LogP contribution in [0.5, 0.6) is 0 Å². The molecule has 90 valence electrons. The van der Waals surface area contributed by atoms with Gasteiger partial charge in [-0.1, -0.05) is 0 Å². The van der Waals surface area contributed by atoms with Gasteiger partial charge >= 0.3 is 0 Å². The van der Waals surface area contributed by atoms with Crippen LogP contribution in [0.25, 0.3) is 17.2 Å². The van der Waals surface area contributed by atoms with Crippen molar-refractivity contribution in [3.63, 3.8) is 0 Å². The Morgan fingerprint density at radius 3 is 2.78 bits per heavy atom. The summed E-state index contributed by atoms with van der Waals surface area (Å²) in [6.07, 6.45) is 4.75. The van der Waals surface area contributed by atoms with Gasteiger partial charge in [-0.3, -0.25) is 9.38 Å². The second kappa shape index (κ2) is 4.13. The van der Waals surface area contributed by atoms with E-state index in [0.717, 1.165) is 10.2 Å². The summed E-state index contributed by atoms with van der Waals surface area (Å²) in [5, 5.41) is 0. The fourth-order valence-corrected chi connectivity index (χ4v) is 2.09. The van der Waals surface area contributed by atoms with Crippen molar-refractivity contribution in [1.29, 1.82) is 0 Å². The van der Waals surface area contributed by atoms with E-state index in [-0.39, 0.29) is 5.82 Å². The molecular formula is C12H8BrFN4. The molecule has 3 heterocycles. The molecule has 3 aromatic heterocycles. The van der Waals surface area contributed by atoms with E-state index in [9.17, 15) is 4.39 Å². The van der Waals surface area contributed by atoms with Gasteiger partial charge in [0.15, 0.2) is 0 Å². The van der Waals surface area contributed by atoms with Crippen LogP contribution in [0.3, 0.4) is 0 Å². The summed E-state index contributed by atoms with van der Waals surface area (Å²) < 4.78 is 15.6. The Morgan fingerprint density at radius 2 is 2.06 bits per heavy atom. The Hall–Kier alpha value is -1.82. The maximum atomic E-state index is 12.9. The average molecular weight is 307 g/mol. The Labute approximate surface area is 111 Å². The fourth-order valence-electron chi connectivity index (χ4n) is 1.78. The number of hydrogen-bond donors (Lipinski definition) is 0. The van der Waals surface area contributed by atoms with Gasteiger partial charge in [0.05, 0.1) is 22.1 Å². The number of imidazole rings is 1. The molecule has 0 amide bonds. The predicted molar refractivity (Wildman–Crippen MR) is 68.6 cm³/mol. The van der Waals surface area contributed by atoms with Crippen molar-refractivity contribution in [3.8, 4) is 11.4 Å². The molecule has 0 fully saturated rings. The molecule has 0 radical (unpaired) electrons. The average Bonchev–Trinajstić information content (AvgIpc) is 2.68. The molecule has 4 nitrogen and oxygen atoms in total. The Balaban J connectivity index is 2.23. The highest BCUT2D eigenvalue weighted by molar-refractivity contribution is 9.10. The molecule has 0 unspecified atom stereocenters. The van der Waals surface area contributed by atoms with Gasteiger partial charge < -0.3 is 0 Å². The number of aryl methyl sites for hydroxylation is 1. The van der Waals surface area contributed by atoms with Gasteiger partial charge in [0.2, 0.25) is 5.78 Å². The van der Waals surface area contributed by atoms with Crippen LogP contribution in [-0.4, -0.2) is 19.4 Å². The lowest BCUT2D eigenvalue weighted by atomic mass is 10.2. The lowest BCUT2D eigenvalue weighted by molar-refractivity contribution is 0.622. The molecule has 0 N–H and O–H groups in total. The largest absolute Gasteiger partial charge is 0.287 e. The summed E-state index contributed by atoms with van der Waals surface area (Å²) >= 11 is 3.37. The Bertz CT molecular complexity index is 721. The number of halogens is 2. The third-order valence-corrected chi connectivity index (χ3v) is 3.07. The smallest absolute Gasteiger partial charge is 0.234 e. The van der Waals surface area contributed by atoms with E-state index >= 15 is 0 Å². The highest BCUT2D eigenvalue weighted by Gasteiger charge is 2.12. The number of aromatic nitrogens is 4. The summed E-state index contributed by atoms with van der Waals surface area (Å²) in [5.41, 5.74) is 2.26. The van der Waals surface area contributed by atoms with Crippen LogP contribution in [-0.2, 0) is 0 Å². The molecular weight excluding hydrogens is 299 g/mol. The van der Waals surface area contributed by atoms with Crippen molar-refractivity contribution in [2.45, 2.75) is 6.92 Å². The molecule has 0 bridgehead atoms. The minimum absolute atomic E-state index is 0.360. The first-order chi connectivity index (χ1) is 8.65. The number of rotatable bonds is 1. The zero-order valence-corrected chi connectivity index (χ0v) is 11.0.